The van der Waals surface area contributed by atoms with Crippen molar-refractivity contribution in [3.8, 4) is 0 Å². The second kappa shape index (κ2) is 11.2. The molecule has 1 aliphatic rings. The first-order valence-corrected chi connectivity index (χ1v) is 13.5. The van der Waals surface area contributed by atoms with Gasteiger partial charge in [-0.05, 0) is 30.2 Å². The zero-order valence-corrected chi connectivity index (χ0v) is 21.2. The highest BCUT2D eigenvalue weighted by Gasteiger charge is 2.31. The predicted molar refractivity (Wildman–Crippen MR) is 138 cm³/mol. The topological polar surface area (TPSA) is 60.9 Å². The molecule has 0 radical (unpaired) electrons. The number of hydrogen-bond donors (Lipinski definition) is 0. The number of piperazine rings is 1. The van der Waals surface area contributed by atoms with E-state index in [1.165, 1.54) is 15.4 Å². The van der Waals surface area contributed by atoms with Gasteiger partial charge < -0.3 is 4.90 Å². The zero-order chi connectivity index (χ0) is 24.8. The molecule has 1 amide bonds. The van der Waals surface area contributed by atoms with Crippen molar-refractivity contribution in [1.82, 2.24) is 14.1 Å². The van der Waals surface area contributed by atoms with Gasteiger partial charge in [-0.1, -0.05) is 85.3 Å². The highest BCUT2D eigenvalue weighted by molar-refractivity contribution is 7.89. The second-order valence-corrected chi connectivity index (χ2v) is 10.8. The Morgan fingerprint density at radius 1 is 0.829 bits per heavy atom. The van der Waals surface area contributed by atoms with E-state index in [0.717, 1.165) is 18.7 Å². The van der Waals surface area contributed by atoms with Gasteiger partial charge in [0.1, 0.15) is 0 Å². The van der Waals surface area contributed by atoms with E-state index >= 15 is 0 Å². The minimum absolute atomic E-state index is 0.115. The number of carbonyl (C=O) groups excluding carboxylic acids is 1. The molecule has 3 aromatic carbocycles. The van der Waals surface area contributed by atoms with Crippen LogP contribution in [0.25, 0.3) is 0 Å². The van der Waals surface area contributed by atoms with E-state index in [9.17, 15) is 13.2 Å². The van der Waals surface area contributed by atoms with Crippen molar-refractivity contribution in [2.45, 2.75) is 24.8 Å². The number of likely N-dealkylation sites (N-methyl/N-ethyl adjacent to an activating group) is 1. The van der Waals surface area contributed by atoms with E-state index in [2.05, 4.69) is 53.4 Å². The number of benzene rings is 3. The maximum Gasteiger partial charge on any atom is 0.243 e. The van der Waals surface area contributed by atoms with Crippen molar-refractivity contribution in [2.75, 3.05) is 39.3 Å². The van der Waals surface area contributed by atoms with E-state index in [1.54, 1.807) is 36.1 Å². The first kappa shape index (κ1) is 25.1. The lowest BCUT2D eigenvalue weighted by Crippen LogP contribution is -2.52. The number of carbonyl (C=O) groups is 1. The molecular formula is C28H33N3O3S. The second-order valence-electron chi connectivity index (χ2n) is 8.88. The lowest BCUT2D eigenvalue weighted by molar-refractivity contribution is -0.133. The van der Waals surface area contributed by atoms with Gasteiger partial charge in [-0.2, -0.15) is 4.31 Å². The summed E-state index contributed by atoms with van der Waals surface area (Å²) in [7, 11) is -3.72. The molecular weight excluding hydrogens is 458 g/mol. The molecule has 0 aliphatic carbocycles. The predicted octanol–water partition coefficient (Wildman–Crippen LogP) is 3.94. The highest BCUT2D eigenvalue weighted by Crippen LogP contribution is 2.29. The summed E-state index contributed by atoms with van der Waals surface area (Å²) in [5, 5.41) is 0. The normalized spacial score (nSPS) is 15.0. The van der Waals surface area contributed by atoms with Gasteiger partial charge in [0.2, 0.25) is 15.9 Å². The van der Waals surface area contributed by atoms with E-state index in [-0.39, 0.29) is 29.9 Å². The number of aryl methyl sites for hydroxylation is 1. The van der Waals surface area contributed by atoms with Crippen molar-refractivity contribution in [3.05, 3.63) is 102 Å². The Kier molecular flexibility index (Phi) is 8.00. The molecule has 1 aliphatic heterocycles. The standard InChI is InChI=1S/C28H33N3O3S/c1-3-31(35(33,34)26-16-14-23(2)15-17-26)22-27(32)29-18-20-30(21-19-29)28(24-10-6-4-7-11-24)25-12-8-5-9-13-25/h4-17,28H,3,18-22H2,1-2H3. The summed E-state index contributed by atoms with van der Waals surface area (Å²) in [6.07, 6.45) is 0. The van der Waals surface area contributed by atoms with Gasteiger partial charge in [0.05, 0.1) is 17.5 Å². The summed E-state index contributed by atoms with van der Waals surface area (Å²) in [5.41, 5.74) is 3.44. The Morgan fingerprint density at radius 3 is 1.83 bits per heavy atom. The minimum atomic E-state index is -3.72. The van der Waals surface area contributed by atoms with Crippen LogP contribution in [0.3, 0.4) is 0 Å². The zero-order valence-electron chi connectivity index (χ0n) is 20.4. The molecule has 1 fully saturated rings. The largest absolute Gasteiger partial charge is 0.339 e. The fourth-order valence-corrected chi connectivity index (χ4v) is 5.99. The van der Waals surface area contributed by atoms with Gasteiger partial charge >= 0.3 is 0 Å². The number of nitrogens with zero attached hydrogens (tertiary/aromatic N) is 3. The highest BCUT2D eigenvalue weighted by atomic mass is 32.2. The van der Waals surface area contributed by atoms with Crippen LogP contribution in [-0.4, -0.2) is 67.7 Å². The molecule has 0 saturated carbocycles. The van der Waals surface area contributed by atoms with Crippen LogP contribution in [0.4, 0.5) is 0 Å². The summed E-state index contributed by atoms with van der Waals surface area (Å²) in [6, 6.07) is 27.7. The average molecular weight is 492 g/mol. The third-order valence-electron chi connectivity index (χ3n) is 6.59. The maximum atomic E-state index is 13.1. The third kappa shape index (κ3) is 5.81. The Labute approximate surface area is 208 Å². The van der Waals surface area contributed by atoms with Crippen molar-refractivity contribution < 1.29 is 13.2 Å². The van der Waals surface area contributed by atoms with Crippen LogP contribution in [0.2, 0.25) is 0 Å². The maximum absolute atomic E-state index is 13.1. The number of rotatable bonds is 8. The van der Waals surface area contributed by atoms with Gasteiger partial charge in [0, 0.05) is 32.7 Å². The van der Waals surface area contributed by atoms with Gasteiger partial charge in [-0.3, -0.25) is 9.69 Å². The molecule has 0 spiro atoms. The minimum Gasteiger partial charge on any atom is -0.339 e. The van der Waals surface area contributed by atoms with E-state index in [4.69, 9.17) is 0 Å². The van der Waals surface area contributed by atoms with E-state index in [0.29, 0.717) is 13.1 Å². The third-order valence-corrected chi connectivity index (χ3v) is 8.52. The van der Waals surface area contributed by atoms with Crippen molar-refractivity contribution in [3.63, 3.8) is 0 Å². The molecule has 0 aromatic heterocycles. The van der Waals surface area contributed by atoms with Crippen LogP contribution in [0.1, 0.15) is 29.7 Å². The van der Waals surface area contributed by atoms with Crippen LogP contribution < -0.4 is 0 Å². The van der Waals surface area contributed by atoms with Crippen LogP contribution in [-0.2, 0) is 14.8 Å². The van der Waals surface area contributed by atoms with Crippen LogP contribution in [0.5, 0.6) is 0 Å². The smallest absolute Gasteiger partial charge is 0.243 e. The van der Waals surface area contributed by atoms with Crippen molar-refractivity contribution in [2.24, 2.45) is 0 Å². The lowest BCUT2D eigenvalue weighted by Gasteiger charge is -2.40. The number of hydrogen-bond acceptors (Lipinski definition) is 4. The molecule has 184 valence electrons. The van der Waals surface area contributed by atoms with Gasteiger partial charge in [0.15, 0.2) is 0 Å². The van der Waals surface area contributed by atoms with Crippen LogP contribution in [0.15, 0.2) is 89.8 Å². The van der Waals surface area contributed by atoms with E-state index in [1.807, 2.05) is 19.1 Å². The molecule has 1 saturated heterocycles. The van der Waals surface area contributed by atoms with Crippen molar-refractivity contribution >= 4 is 15.9 Å². The quantitative estimate of drug-likeness (QED) is 0.479. The molecule has 6 nitrogen and oxygen atoms in total. The summed E-state index contributed by atoms with van der Waals surface area (Å²) in [6.45, 7) is 6.35. The molecule has 35 heavy (non-hydrogen) atoms. The Bertz CT molecular complexity index is 1170. The van der Waals surface area contributed by atoms with Gasteiger partial charge in [0.25, 0.3) is 0 Å². The fourth-order valence-electron chi connectivity index (χ4n) is 4.59. The first-order chi connectivity index (χ1) is 16.9. The van der Waals surface area contributed by atoms with Gasteiger partial charge in [-0.25, -0.2) is 8.42 Å². The molecule has 0 bridgehead atoms. The average Bonchev–Trinajstić information content (AvgIpc) is 2.89. The Balaban J connectivity index is 1.43. The molecule has 0 atom stereocenters. The lowest BCUT2D eigenvalue weighted by atomic mass is 9.96. The Hall–Kier alpha value is -3.00. The van der Waals surface area contributed by atoms with Crippen molar-refractivity contribution in [1.29, 1.82) is 0 Å². The summed E-state index contributed by atoms with van der Waals surface area (Å²) >= 11 is 0. The van der Waals surface area contributed by atoms with Crippen LogP contribution in [0, 0.1) is 6.92 Å². The monoisotopic (exact) mass is 491 g/mol. The molecule has 7 heteroatoms. The number of sulfonamides is 1. The number of amides is 1. The summed E-state index contributed by atoms with van der Waals surface area (Å²) < 4.78 is 27.5. The van der Waals surface area contributed by atoms with Crippen LogP contribution >= 0.6 is 0 Å². The first-order valence-electron chi connectivity index (χ1n) is 12.1. The van der Waals surface area contributed by atoms with E-state index < -0.39 is 10.0 Å². The summed E-state index contributed by atoms with van der Waals surface area (Å²) in [5.74, 6) is -0.154. The molecule has 3 aromatic rings. The summed E-state index contributed by atoms with van der Waals surface area (Å²) in [4.78, 5) is 17.5. The van der Waals surface area contributed by atoms with Gasteiger partial charge in [-0.15, -0.1) is 0 Å². The SMILES string of the molecule is CCN(CC(=O)N1CCN(C(c2ccccc2)c2ccccc2)CC1)S(=O)(=O)c1ccc(C)cc1. The molecule has 4 rings (SSSR count). The fraction of sp³-hybridized carbons (Fsp3) is 0.321. The Morgan fingerprint density at radius 2 is 1.34 bits per heavy atom. The molecule has 0 N–H and O–H groups in total. The molecule has 0 unspecified atom stereocenters. The molecule has 1 heterocycles.